The highest BCUT2D eigenvalue weighted by atomic mass is 79.9. The van der Waals surface area contributed by atoms with Gasteiger partial charge in [-0.05, 0) is 83.9 Å². The maximum atomic E-state index is 11.0. The minimum absolute atomic E-state index is 0.213. The van der Waals surface area contributed by atoms with E-state index >= 15 is 0 Å². The molecule has 1 N–H and O–H groups in total. The van der Waals surface area contributed by atoms with E-state index < -0.39 is 0 Å². The predicted molar refractivity (Wildman–Crippen MR) is 111 cm³/mol. The number of aromatic hydroxyl groups is 1. The zero-order valence-corrected chi connectivity index (χ0v) is 18.8. The lowest BCUT2D eigenvalue weighted by Gasteiger charge is -2.47. The lowest BCUT2D eigenvalue weighted by atomic mass is 9.68. The fraction of sp³-hybridized carbons (Fsp3) is 0.619. The number of ether oxygens (including phenoxy) is 1. The Morgan fingerprint density at radius 3 is 2.64 bits per heavy atom. The molecule has 0 bridgehead atoms. The molecule has 138 valence electrons. The van der Waals surface area contributed by atoms with Crippen LogP contribution in [0.25, 0.3) is 0 Å². The van der Waals surface area contributed by atoms with Crippen molar-refractivity contribution in [1.82, 2.24) is 0 Å². The van der Waals surface area contributed by atoms with Crippen LogP contribution in [0.1, 0.15) is 76.8 Å². The summed E-state index contributed by atoms with van der Waals surface area (Å²) in [5.41, 5.74) is 3.23. The first kappa shape index (κ1) is 19.3. The van der Waals surface area contributed by atoms with Gasteiger partial charge in [-0.15, -0.1) is 0 Å². The summed E-state index contributed by atoms with van der Waals surface area (Å²) in [5, 5.41) is 11.0. The molecule has 1 aliphatic heterocycles. The molecule has 1 heterocycles. The van der Waals surface area contributed by atoms with Gasteiger partial charge in [0, 0.05) is 17.4 Å². The zero-order chi connectivity index (χ0) is 18.4. The Bertz CT molecular complexity index is 707. The molecule has 4 heteroatoms. The maximum Gasteiger partial charge on any atom is 0.142 e. The summed E-state index contributed by atoms with van der Waals surface area (Å²) in [5.74, 6) is 1.80. The summed E-state index contributed by atoms with van der Waals surface area (Å²) in [6.07, 6.45) is 8.97. The van der Waals surface area contributed by atoms with Crippen molar-refractivity contribution in [3.05, 3.63) is 31.7 Å². The van der Waals surface area contributed by atoms with Crippen LogP contribution in [0.2, 0.25) is 0 Å². The maximum absolute atomic E-state index is 11.0. The number of phenolic OH excluding ortho intramolecular Hbond substituents is 1. The van der Waals surface area contributed by atoms with Crippen LogP contribution in [0.4, 0.5) is 0 Å². The Morgan fingerprint density at radius 2 is 1.96 bits per heavy atom. The van der Waals surface area contributed by atoms with Gasteiger partial charge in [-0.2, -0.15) is 0 Å². The molecule has 0 radical (unpaired) electrons. The lowest BCUT2D eigenvalue weighted by Crippen LogP contribution is -2.45. The Hall–Kier alpha value is -0.480. The number of hydrogen-bond acceptors (Lipinski definition) is 2. The van der Waals surface area contributed by atoms with E-state index in [4.69, 9.17) is 4.74 Å². The van der Waals surface area contributed by atoms with Gasteiger partial charge in [-0.25, -0.2) is 0 Å². The molecule has 0 aromatic heterocycles. The van der Waals surface area contributed by atoms with Crippen LogP contribution in [0.15, 0.2) is 20.6 Å². The minimum Gasteiger partial charge on any atom is -0.506 e. The molecule has 0 fully saturated rings. The number of halogens is 2. The van der Waals surface area contributed by atoms with Gasteiger partial charge in [0.15, 0.2) is 0 Å². The molecule has 2 aliphatic rings. The molecule has 0 saturated carbocycles. The molecule has 1 aromatic carbocycles. The van der Waals surface area contributed by atoms with E-state index in [2.05, 4.69) is 65.6 Å². The van der Waals surface area contributed by atoms with Crippen LogP contribution in [0, 0.1) is 5.92 Å². The second-order valence-electron chi connectivity index (χ2n) is 8.04. The van der Waals surface area contributed by atoms with Crippen molar-refractivity contribution in [3.63, 3.8) is 0 Å². The molecule has 25 heavy (non-hydrogen) atoms. The van der Waals surface area contributed by atoms with E-state index in [1.54, 1.807) is 0 Å². The number of fused-ring (bicyclic) bond motifs is 3. The van der Waals surface area contributed by atoms with Gasteiger partial charge in [0.25, 0.3) is 0 Å². The van der Waals surface area contributed by atoms with Crippen LogP contribution in [-0.2, 0) is 6.42 Å². The Balaban J connectivity index is 2.14. The van der Waals surface area contributed by atoms with E-state index in [9.17, 15) is 5.11 Å². The van der Waals surface area contributed by atoms with Crippen molar-refractivity contribution >= 4 is 31.9 Å². The van der Waals surface area contributed by atoms with Crippen LogP contribution < -0.4 is 4.74 Å². The van der Waals surface area contributed by atoms with Crippen LogP contribution in [-0.4, -0.2) is 10.7 Å². The largest absolute Gasteiger partial charge is 0.506 e. The van der Waals surface area contributed by atoms with Gasteiger partial charge < -0.3 is 9.84 Å². The number of phenols is 1. The highest BCUT2D eigenvalue weighted by molar-refractivity contribution is 9.11. The molecule has 0 unspecified atom stereocenters. The van der Waals surface area contributed by atoms with Crippen LogP contribution >= 0.6 is 31.9 Å². The van der Waals surface area contributed by atoms with E-state index in [0.717, 1.165) is 51.5 Å². The highest BCUT2D eigenvalue weighted by Crippen LogP contribution is 2.58. The zero-order valence-electron chi connectivity index (χ0n) is 15.6. The molecule has 3 rings (SSSR count). The number of hydrogen-bond donors (Lipinski definition) is 1. The number of unbranched alkanes of at least 4 members (excludes halogenated alkanes) is 2. The quantitative estimate of drug-likeness (QED) is 0.369. The molecule has 0 saturated heterocycles. The Kier molecular flexibility index (Phi) is 5.60. The minimum atomic E-state index is -0.238. The fourth-order valence-electron chi connectivity index (χ4n) is 4.37. The van der Waals surface area contributed by atoms with Crippen molar-refractivity contribution in [3.8, 4) is 11.5 Å². The first-order valence-corrected chi connectivity index (χ1v) is 11.0. The van der Waals surface area contributed by atoms with Gasteiger partial charge in [0.2, 0.25) is 0 Å². The van der Waals surface area contributed by atoms with E-state index in [1.807, 2.05) is 0 Å². The second-order valence-corrected chi connectivity index (χ2v) is 9.63. The predicted octanol–water partition coefficient (Wildman–Crippen LogP) is 7.26. The van der Waals surface area contributed by atoms with Crippen LogP contribution in [0.5, 0.6) is 11.5 Å². The Morgan fingerprint density at radius 1 is 1.24 bits per heavy atom. The molecule has 2 atom stereocenters. The van der Waals surface area contributed by atoms with Crippen molar-refractivity contribution in [2.24, 2.45) is 5.92 Å². The van der Waals surface area contributed by atoms with E-state index in [0.29, 0.717) is 11.7 Å². The topological polar surface area (TPSA) is 29.5 Å². The summed E-state index contributed by atoms with van der Waals surface area (Å²) < 4.78 is 8.31. The summed E-state index contributed by atoms with van der Waals surface area (Å²) in [7, 11) is 0. The second kappa shape index (κ2) is 7.26. The first-order valence-electron chi connectivity index (χ1n) is 9.36. The van der Waals surface area contributed by atoms with Gasteiger partial charge >= 0.3 is 0 Å². The smallest absolute Gasteiger partial charge is 0.142 e. The third-order valence-corrected chi connectivity index (χ3v) is 7.50. The normalized spacial score (nSPS) is 24.2. The van der Waals surface area contributed by atoms with Crippen LogP contribution in [0.3, 0.4) is 0 Å². The van der Waals surface area contributed by atoms with Crippen molar-refractivity contribution in [1.29, 1.82) is 0 Å². The van der Waals surface area contributed by atoms with Gasteiger partial charge in [0.1, 0.15) is 17.1 Å². The number of allylic oxidation sites excluding steroid dienone is 2. The van der Waals surface area contributed by atoms with Crippen molar-refractivity contribution < 1.29 is 9.84 Å². The average molecular weight is 472 g/mol. The monoisotopic (exact) mass is 470 g/mol. The highest BCUT2D eigenvalue weighted by Gasteiger charge is 2.46. The molecule has 2 nitrogen and oxygen atoms in total. The molecule has 0 amide bonds. The standard InChI is InChI=1S/C21H28Br2O2/c1-5-6-7-8-13-17(22)19(24)16-14-11-12(2)9-10-15(14)21(3,4)25-20(16)18(13)23/h11,14-15,24H,5-10H2,1-4H3/t14-,15-/m1/s1. The summed E-state index contributed by atoms with van der Waals surface area (Å²) in [6, 6.07) is 0. The Labute approximate surface area is 168 Å². The van der Waals surface area contributed by atoms with E-state index in [-0.39, 0.29) is 11.5 Å². The summed E-state index contributed by atoms with van der Waals surface area (Å²) in [4.78, 5) is 0. The third-order valence-electron chi connectivity index (χ3n) is 5.81. The lowest BCUT2D eigenvalue weighted by molar-refractivity contribution is 0.00983. The van der Waals surface area contributed by atoms with Crippen molar-refractivity contribution in [2.75, 3.05) is 0 Å². The van der Waals surface area contributed by atoms with E-state index in [1.165, 1.54) is 18.4 Å². The molecule has 1 aliphatic carbocycles. The number of benzene rings is 1. The molecular weight excluding hydrogens is 444 g/mol. The molecular formula is C21H28Br2O2. The number of rotatable bonds is 4. The molecule has 0 spiro atoms. The SMILES string of the molecule is CCCCCc1c(Br)c(O)c2c(c1Br)OC(C)(C)[C@@H]1CCC(C)=C[C@@H]21. The van der Waals surface area contributed by atoms with Gasteiger partial charge in [-0.3, -0.25) is 0 Å². The third kappa shape index (κ3) is 3.41. The first-order chi connectivity index (χ1) is 11.8. The summed E-state index contributed by atoms with van der Waals surface area (Å²) in [6.45, 7) is 8.77. The molecule has 1 aromatic rings. The fourth-order valence-corrected chi connectivity index (χ4v) is 5.94. The van der Waals surface area contributed by atoms with Crippen molar-refractivity contribution in [2.45, 2.75) is 77.7 Å². The van der Waals surface area contributed by atoms with Gasteiger partial charge in [0.05, 0.1) is 8.95 Å². The summed E-state index contributed by atoms with van der Waals surface area (Å²) >= 11 is 7.47. The van der Waals surface area contributed by atoms with Gasteiger partial charge in [-0.1, -0.05) is 31.4 Å². The average Bonchev–Trinajstić information content (AvgIpc) is 2.55.